The summed E-state index contributed by atoms with van der Waals surface area (Å²) in [6.07, 6.45) is 9.16. The van der Waals surface area contributed by atoms with Crippen LogP contribution in [0.25, 0.3) is 0 Å². The molecule has 3 atom stereocenters. The summed E-state index contributed by atoms with van der Waals surface area (Å²) < 4.78 is 11.0. The number of epoxide rings is 1. The maximum absolute atomic E-state index is 12.0. The second-order valence-corrected chi connectivity index (χ2v) is 7.15. The second kappa shape index (κ2) is 6.93. The number of fused-ring (bicyclic) bond motifs is 1. The normalized spacial score (nSPS) is 32.0. The Bertz CT molecular complexity index is 326. The summed E-state index contributed by atoms with van der Waals surface area (Å²) in [5.41, 5.74) is 0.0905. The van der Waals surface area contributed by atoms with E-state index < -0.39 is 0 Å². The van der Waals surface area contributed by atoms with Crippen LogP contribution in [-0.2, 0) is 14.3 Å². The monoisotopic (exact) mass is 282 g/mol. The van der Waals surface area contributed by atoms with Gasteiger partial charge in [-0.3, -0.25) is 4.79 Å². The smallest absolute Gasteiger partial charge is 0.309 e. The van der Waals surface area contributed by atoms with Crippen LogP contribution in [0.15, 0.2) is 0 Å². The summed E-state index contributed by atoms with van der Waals surface area (Å²) in [5.74, 6) is 0.885. The average molecular weight is 282 g/mol. The third-order valence-electron chi connectivity index (χ3n) is 4.78. The van der Waals surface area contributed by atoms with E-state index in [9.17, 15) is 4.79 Å². The highest BCUT2D eigenvalue weighted by Crippen LogP contribution is 2.49. The van der Waals surface area contributed by atoms with E-state index in [4.69, 9.17) is 9.47 Å². The van der Waals surface area contributed by atoms with Gasteiger partial charge in [0.2, 0.25) is 0 Å². The van der Waals surface area contributed by atoms with Crippen LogP contribution in [0.1, 0.15) is 72.1 Å². The van der Waals surface area contributed by atoms with Crippen LogP contribution in [-0.4, -0.2) is 24.3 Å². The molecule has 1 aliphatic heterocycles. The van der Waals surface area contributed by atoms with E-state index in [1.165, 1.54) is 25.7 Å². The Labute approximate surface area is 123 Å². The van der Waals surface area contributed by atoms with Crippen molar-refractivity contribution in [2.24, 2.45) is 11.8 Å². The molecular weight excluding hydrogens is 252 g/mol. The van der Waals surface area contributed by atoms with Gasteiger partial charge in [0, 0.05) is 0 Å². The topological polar surface area (TPSA) is 38.8 Å². The van der Waals surface area contributed by atoms with Crippen molar-refractivity contribution in [2.75, 3.05) is 6.61 Å². The van der Waals surface area contributed by atoms with E-state index in [1.54, 1.807) is 0 Å². The molecule has 2 rings (SSSR count). The third-order valence-corrected chi connectivity index (χ3v) is 4.78. The van der Waals surface area contributed by atoms with Gasteiger partial charge in [-0.2, -0.15) is 0 Å². The molecular formula is C17H30O3. The molecule has 0 aromatic rings. The number of carbonyl (C=O) groups excluding carboxylic acids is 1. The molecule has 0 bridgehead atoms. The number of esters is 1. The van der Waals surface area contributed by atoms with Crippen LogP contribution in [0.5, 0.6) is 0 Å². The van der Waals surface area contributed by atoms with Crippen LogP contribution >= 0.6 is 0 Å². The molecule has 116 valence electrons. The summed E-state index contributed by atoms with van der Waals surface area (Å²) in [6, 6.07) is 0. The Balaban J connectivity index is 1.48. The van der Waals surface area contributed by atoms with E-state index in [1.807, 2.05) is 0 Å². The fraction of sp³-hybridized carbons (Fsp3) is 0.941. The summed E-state index contributed by atoms with van der Waals surface area (Å²) >= 11 is 0. The number of unbranched alkanes of at least 4 members (excludes halogenated alkanes) is 3. The number of carbonyl (C=O) groups is 1. The van der Waals surface area contributed by atoms with Gasteiger partial charge in [0.1, 0.15) is 0 Å². The van der Waals surface area contributed by atoms with Crippen molar-refractivity contribution >= 4 is 5.97 Å². The van der Waals surface area contributed by atoms with E-state index in [0.717, 1.165) is 31.6 Å². The van der Waals surface area contributed by atoms with Crippen LogP contribution in [0.4, 0.5) is 0 Å². The number of hydrogen-bond donors (Lipinski definition) is 0. The van der Waals surface area contributed by atoms with Crippen molar-refractivity contribution in [3.05, 3.63) is 0 Å². The van der Waals surface area contributed by atoms with E-state index in [0.29, 0.717) is 12.7 Å². The van der Waals surface area contributed by atoms with Gasteiger partial charge in [-0.1, -0.05) is 39.5 Å². The quantitative estimate of drug-likeness (QED) is 0.382. The Morgan fingerprint density at radius 3 is 2.75 bits per heavy atom. The first-order valence-electron chi connectivity index (χ1n) is 8.36. The molecule has 2 fully saturated rings. The molecule has 1 saturated carbocycles. The van der Waals surface area contributed by atoms with Crippen molar-refractivity contribution in [3.63, 3.8) is 0 Å². The zero-order valence-corrected chi connectivity index (χ0v) is 13.3. The second-order valence-electron chi connectivity index (χ2n) is 7.15. The lowest BCUT2D eigenvalue weighted by Gasteiger charge is -2.20. The molecule has 0 aromatic carbocycles. The SMILES string of the molecule is CC(C)CCCCCCOC(=O)C1CCC2(C)OC2C1. The van der Waals surface area contributed by atoms with Crippen LogP contribution in [0.3, 0.4) is 0 Å². The van der Waals surface area contributed by atoms with Crippen molar-refractivity contribution in [1.82, 2.24) is 0 Å². The minimum Gasteiger partial charge on any atom is -0.465 e. The van der Waals surface area contributed by atoms with Gasteiger partial charge in [-0.05, 0) is 38.5 Å². The highest BCUT2D eigenvalue weighted by atomic mass is 16.6. The van der Waals surface area contributed by atoms with Gasteiger partial charge >= 0.3 is 5.97 Å². The van der Waals surface area contributed by atoms with Crippen molar-refractivity contribution in [2.45, 2.75) is 83.8 Å². The first kappa shape index (κ1) is 15.8. The zero-order valence-electron chi connectivity index (χ0n) is 13.3. The third kappa shape index (κ3) is 4.47. The van der Waals surface area contributed by atoms with Gasteiger partial charge < -0.3 is 9.47 Å². The van der Waals surface area contributed by atoms with Gasteiger partial charge in [-0.15, -0.1) is 0 Å². The molecule has 3 unspecified atom stereocenters. The van der Waals surface area contributed by atoms with Crippen LogP contribution in [0.2, 0.25) is 0 Å². The van der Waals surface area contributed by atoms with Crippen LogP contribution in [0, 0.1) is 11.8 Å². The highest BCUT2D eigenvalue weighted by Gasteiger charge is 2.56. The minimum atomic E-state index is 0.00438. The predicted molar refractivity (Wildman–Crippen MR) is 79.5 cm³/mol. The standard InChI is InChI=1S/C17H30O3/c1-13(2)8-6-4-5-7-11-19-16(18)14-9-10-17(3)15(12-14)20-17/h13-15H,4-12H2,1-3H3. The van der Waals surface area contributed by atoms with E-state index in [2.05, 4.69) is 20.8 Å². The molecule has 2 aliphatic rings. The van der Waals surface area contributed by atoms with Crippen molar-refractivity contribution < 1.29 is 14.3 Å². The number of hydrogen-bond acceptors (Lipinski definition) is 3. The summed E-state index contributed by atoms with van der Waals surface area (Å²) in [4.78, 5) is 12.0. The molecule has 0 N–H and O–H groups in total. The van der Waals surface area contributed by atoms with Gasteiger partial charge in [-0.25, -0.2) is 0 Å². The maximum Gasteiger partial charge on any atom is 0.309 e. The molecule has 0 spiro atoms. The summed E-state index contributed by atoms with van der Waals surface area (Å²) in [5, 5.41) is 0. The molecule has 0 radical (unpaired) electrons. The average Bonchev–Trinajstić information content (AvgIpc) is 3.07. The summed E-state index contributed by atoms with van der Waals surface area (Å²) in [7, 11) is 0. The molecule has 3 heteroatoms. The first-order chi connectivity index (χ1) is 9.51. The van der Waals surface area contributed by atoms with Gasteiger partial charge in [0.05, 0.1) is 24.2 Å². The molecule has 3 nitrogen and oxygen atoms in total. The summed E-state index contributed by atoms with van der Waals surface area (Å²) in [6.45, 7) is 7.28. The highest BCUT2D eigenvalue weighted by molar-refractivity contribution is 5.72. The minimum absolute atomic E-state index is 0.00438. The number of rotatable bonds is 8. The van der Waals surface area contributed by atoms with Crippen molar-refractivity contribution in [3.8, 4) is 0 Å². The molecule has 1 saturated heterocycles. The fourth-order valence-corrected chi connectivity index (χ4v) is 3.16. The Hall–Kier alpha value is -0.570. The Kier molecular flexibility index (Phi) is 5.48. The Morgan fingerprint density at radius 2 is 2.05 bits per heavy atom. The zero-order chi connectivity index (χ0) is 14.6. The lowest BCUT2D eigenvalue weighted by molar-refractivity contribution is -0.149. The Morgan fingerprint density at radius 1 is 1.30 bits per heavy atom. The largest absolute Gasteiger partial charge is 0.465 e. The maximum atomic E-state index is 12.0. The number of ether oxygens (including phenoxy) is 2. The van der Waals surface area contributed by atoms with Gasteiger partial charge in [0.25, 0.3) is 0 Å². The van der Waals surface area contributed by atoms with E-state index >= 15 is 0 Å². The molecule has 0 aromatic heterocycles. The molecule has 1 heterocycles. The van der Waals surface area contributed by atoms with E-state index in [-0.39, 0.29) is 17.5 Å². The van der Waals surface area contributed by atoms with Crippen molar-refractivity contribution in [1.29, 1.82) is 0 Å². The first-order valence-corrected chi connectivity index (χ1v) is 8.36. The van der Waals surface area contributed by atoms with Gasteiger partial charge in [0.15, 0.2) is 0 Å². The molecule has 20 heavy (non-hydrogen) atoms. The predicted octanol–water partition coefficient (Wildman–Crippen LogP) is 4.09. The lowest BCUT2D eigenvalue weighted by atomic mass is 9.83. The molecule has 0 amide bonds. The van der Waals surface area contributed by atoms with Crippen LogP contribution < -0.4 is 0 Å². The lowest BCUT2D eigenvalue weighted by Crippen LogP contribution is -2.28. The molecule has 1 aliphatic carbocycles. The fourth-order valence-electron chi connectivity index (χ4n) is 3.16.